The Bertz CT molecular complexity index is 525. The smallest absolute Gasteiger partial charge is 0.228 e. The van der Waals surface area contributed by atoms with Crippen LogP contribution in [0.2, 0.25) is 0 Å². The van der Waals surface area contributed by atoms with Gasteiger partial charge in [-0.15, -0.1) is 11.3 Å². The third kappa shape index (κ3) is 3.59. The lowest BCUT2D eigenvalue weighted by molar-refractivity contribution is -0.121. The number of nitrogens with one attached hydrogen (secondary N) is 1. The fourth-order valence-corrected chi connectivity index (χ4v) is 3.48. The van der Waals surface area contributed by atoms with Crippen molar-refractivity contribution in [2.75, 3.05) is 24.6 Å². The second kappa shape index (κ2) is 6.53. The number of thiazole rings is 1. The zero-order valence-corrected chi connectivity index (χ0v) is 12.7. The van der Waals surface area contributed by atoms with Gasteiger partial charge in [-0.1, -0.05) is 0 Å². The molecule has 0 bridgehead atoms. The lowest BCUT2D eigenvalue weighted by Crippen LogP contribution is -2.32. The molecule has 0 spiro atoms. The normalized spacial score (nSPS) is 22.0. The summed E-state index contributed by atoms with van der Waals surface area (Å²) >= 11 is 1.43. The molecule has 3 heterocycles. The molecule has 0 aliphatic carbocycles. The molecular formula is C14H19N3O3S. The van der Waals surface area contributed by atoms with Gasteiger partial charge >= 0.3 is 0 Å². The first kappa shape index (κ1) is 14.5. The topological polar surface area (TPSA) is 71.5 Å². The van der Waals surface area contributed by atoms with E-state index in [1.54, 1.807) is 4.90 Å². The van der Waals surface area contributed by atoms with Crippen LogP contribution in [0.25, 0.3) is 0 Å². The van der Waals surface area contributed by atoms with E-state index in [0.29, 0.717) is 18.1 Å². The summed E-state index contributed by atoms with van der Waals surface area (Å²) in [6.45, 7) is 2.09. The molecular weight excluding hydrogens is 290 g/mol. The van der Waals surface area contributed by atoms with Crippen molar-refractivity contribution in [3.8, 4) is 0 Å². The number of nitrogens with zero attached hydrogens (tertiary/aromatic N) is 2. The number of hydrogen-bond acceptors (Lipinski definition) is 5. The van der Waals surface area contributed by atoms with Crippen molar-refractivity contribution in [1.82, 2.24) is 10.3 Å². The maximum Gasteiger partial charge on any atom is 0.228 e. The van der Waals surface area contributed by atoms with E-state index in [1.807, 2.05) is 5.38 Å². The molecule has 1 aromatic heterocycles. The summed E-state index contributed by atoms with van der Waals surface area (Å²) in [5.41, 5.74) is 0.722. The SMILES string of the molecule is O=C(Cc1csc(N2CCCC2=O)n1)NC[C@H]1CCCO1. The van der Waals surface area contributed by atoms with Crippen molar-refractivity contribution < 1.29 is 14.3 Å². The number of rotatable bonds is 5. The van der Waals surface area contributed by atoms with Crippen LogP contribution < -0.4 is 10.2 Å². The molecule has 2 aliphatic heterocycles. The van der Waals surface area contributed by atoms with Crippen LogP contribution >= 0.6 is 11.3 Å². The van der Waals surface area contributed by atoms with E-state index in [1.165, 1.54) is 11.3 Å². The van der Waals surface area contributed by atoms with E-state index < -0.39 is 0 Å². The zero-order chi connectivity index (χ0) is 14.7. The lowest BCUT2D eigenvalue weighted by Gasteiger charge is -2.11. The summed E-state index contributed by atoms with van der Waals surface area (Å²) in [6.07, 6.45) is 3.97. The van der Waals surface area contributed by atoms with Gasteiger partial charge < -0.3 is 10.1 Å². The van der Waals surface area contributed by atoms with Gasteiger partial charge in [0, 0.05) is 31.5 Å². The summed E-state index contributed by atoms with van der Waals surface area (Å²) in [7, 11) is 0. The average Bonchev–Trinajstić information content (AvgIpc) is 3.17. The monoisotopic (exact) mass is 309 g/mol. The van der Waals surface area contributed by atoms with Gasteiger partial charge in [0.1, 0.15) is 0 Å². The van der Waals surface area contributed by atoms with Crippen LogP contribution in [0.3, 0.4) is 0 Å². The Morgan fingerprint density at radius 1 is 1.52 bits per heavy atom. The van der Waals surface area contributed by atoms with Gasteiger partial charge in [-0.2, -0.15) is 0 Å². The van der Waals surface area contributed by atoms with E-state index in [2.05, 4.69) is 10.3 Å². The molecule has 1 atom stereocenters. The van der Waals surface area contributed by atoms with Crippen LogP contribution in [0.1, 0.15) is 31.4 Å². The fraction of sp³-hybridized carbons (Fsp3) is 0.643. The molecule has 2 fully saturated rings. The van der Waals surface area contributed by atoms with Crippen LogP contribution in [-0.4, -0.2) is 42.6 Å². The Labute approximate surface area is 127 Å². The maximum absolute atomic E-state index is 11.9. The molecule has 6 nitrogen and oxygen atoms in total. The minimum atomic E-state index is -0.0462. The second-order valence-corrected chi connectivity index (χ2v) is 6.22. The van der Waals surface area contributed by atoms with Crippen LogP contribution in [0.5, 0.6) is 0 Å². The molecule has 114 valence electrons. The molecule has 0 saturated carbocycles. The minimum Gasteiger partial charge on any atom is -0.376 e. The number of anilines is 1. The van der Waals surface area contributed by atoms with Crippen molar-refractivity contribution in [3.63, 3.8) is 0 Å². The quantitative estimate of drug-likeness (QED) is 0.884. The highest BCUT2D eigenvalue weighted by Crippen LogP contribution is 2.25. The van der Waals surface area contributed by atoms with Crippen molar-refractivity contribution in [2.45, 2.75) is 38.2 Å². The summed E-state index contributed by atoms with van der Waals surface area (Å²) < 4.78 is 5.46. The van der Waals surface area contributed by atoms with Gasteiger partial charge in [0.25, 0.3) is 0 Å². The van der Waals surface area contributed by atoms with Crippen molar-refractivity contribution in [2.24, 2.45) is 0 Å². The van der Waals surface area contributed by atoms with Gasteiger partial charge in [-0.3, -0.25) is 14.5 Å². The number of hydrogen-bond donors (Lipinski definition) is 1. The molecule has 2 amide bonds. The number of carbonyl (C=O) groups excluding carboxylic acids is 2. The summed E-state index contributed by atoms with van der Waals surface area (Å²) in [5, 5.41) is 5.44. The van der Waals surface area contributed by atoms with Gasteiger partial charge in [-0.25, -0.2) is 4.98 Å². The number of aromatic nitrogens is 1. The van der Waals surface area contributed by atoms with E-state index >= 15 is 0 Å². The molecule has 0 radical (unpaired) electrons. The van der Waals surface area contributed by atoms with E-state index in [9.17, 15) is 9.59 Å². The molecule has 2 saturated heterocycles. The number of ether oxygens (including phenoxy) is 1. The predicted octanol–water partition coefficient (Wildman–Crippen LogP) is 1.11. The van der Waals surface area contributed by atoms with Crippen LogP contribution in [-0.2, 0) is 20.7 Å². The summed E-state index contributed by atoms with van der Waals surface area (Å²) in [5.74, 6) is 0.0776. The predicted molar refractivity (Wildman–Crippen MR) is 79.4 cm³/mol. The average molecular weight is 309 g/mol. The van der Waals surface area contributed by atoms with E-state index in [0.717, 1.165) is 38.1 Å². The Balaban J connectivity index is 1.49. The molecule has 1 N–H and O–H groups in total. The number of amides is 2. The highest BCUT2D eigenvalue weighted by molar-refractivity contribution is 7.14. The molecule has 0 aromatic carbocycles. The molecule has 3 rings (SSSR count). The number of carbonyl (C=O) groups is 2. The molecule has 21 heavy (non-hydrogen) atoms. The van der Waals surface area contributed by atoms with Crippen LogP contribution in [0.15, 0.2) is 5.38 Å². The molecule has 1 aromatic rings. The third-order valence-corrected chi connectivity index (χ3v) is 4.65. The molecule has 2 aliphatic rings. The van der Waals surface area contributed by atoms with E-state index in [4.69, 9.17) is 4.74 Å². The zero-order valence-electron chi connectivity index (χ0n) is 11.8. The van der Waals surface area contributed by atoms with Gasteiger partial charge in [0.05, 0.1) is 18.2 Å². The van der Waals surface area contributed by atoms with E-state index in [-0.39, 0.29) is 24.3 Å². The fourth-order valence-electron chi connectivity index (χ4n) is 2.61. The standard InChI is InChI=1S/C14H19N3O3S/c18-12(15-8-11-3-2-6-20-11)7-10-9-21-14(16-10)17-5-1-4-13(17)19/h9,11H,1-8H2,(H,15,18)/t11-/m1/s1. The Kier molecular flexibility index (Phi) is 4.50. The van der Waals surface area contributed by atoms with Crippen molar-refractivity contribution in [1.29, 1.82) is 0 Å². The Morgan fingerprint density at radius 3 is 3.14 bits per heavy atom. The highest BCUT2D eigenvalue weighted by Gasteiger charge is 2.24. The Hall–Kier alpha value is -1.47. The largest absolute Gasteiger partial charge is 0.376 e. The van der Waals surface area contributed by atoms with Gasteiger partial charge in [0.2, 0.25) is 11.8 Å². The lowest BCUT2D eigenvalue weighted by atomic mass is 10.2. The van der Waals surface area contributed by atoms with Crippen LogP contribution in [0, 0.1) is 0 Å². The second-order valence-electron chi connectivity index (χ2n) is 5.39. The molecule has 0 unspecified atom stereocenters. The van der Waals surface area contributed by atoms with Gasteiger partial charge in [0.15, 0.2) is 5.13 Å². The highest BCUT2D eigenvalue weighted by atomic mass is 32.1. The first-order valence-corrected chi connectivity index (χ1v) is 8.23. The van der Waals surface area contributed by atoms with Crippen LogP contribution in [0.4, 0.5) is 5.13 Å². The minimum absolute atomic E-state index is 0.0462. The summed E-state index contributed by atoms with van der Waals surface area (Å²) in [4.78, 5) is 29.6. The maximum atomic E-state index is 11.9. The summed E-state index contributed by atoms with van der Waals surface area (Å²) in [6, 6.07) is 0. The first-order chi connectivity index (χ1) is 10.2. The first-order valence-electron chi connectivity index (χ1n) is 7.35. The molecule has 7 heteroatoms. The van der Waals surface area contributed by atoms with Gasteiger partial charge in [-0.05, 0) is 19.3 Å². The Morgan fingerprint density at radius 2 is 2.43 bits per heavy atom. The van der Waals surface area contributed by atoms with Crippen molar-refractivity contribution >= 4 is 28.3 Å². The van der Waals surface area contributed by atoms with Crippen molar-refractivity contribution in [3.05, 3.63) is 11.1 Å². The third-order valence-electron chi connectivity index (χ3n) is 3.74.